The van der Waals surface area contributed by atoms with Crippen LogP contribution in [-0.4, -0.2) is 29.2 Å². The van der Waals surface area contributed by atoms with Crippen molar-refractivity contribution in [2.45, 2.75) is 44.2 Å². The molecule has 0 amide bonds. The molecule has 0 aromatic carbocycles. The van der Waals surface area contributed by atoms with E-state index in [0.717, 1.165) is 12.8 Å². The maximum absolute atomic E-state index is 9.56. The standard InChI is InChI=1S/C8H14O3/c1-7-5-10-8(2,11-7)4-3-6(7)9/h6,9H,3-5H2,1-2H3/t6?,7-,8-/m1/s1. The largest absolute Gasteiger partial charge is 0.390 e. The highest BCUT2D eigenvalue weighted by molar-refractivity contribution is 4.96. The van der Waals surface area contributed by atoms with Crippen molar-refractivity contribution in [3.63, 3.8) is 0 Å². The van der Waals surface area contributed by atoms with Crippen molar-refractivity contribution in [3.8, 4) is 0 Å². The molecule has 3 nitrogen and oxygen atoms in total. The van der Waals surface area contributed by atoms with Crippen LogP contribution in [0.2, 0.25) is 0 Å². The molecule has 2 aliphatic rings. The summed E-state index contributed by atoms with van der Waals surface area (Å²) in [5.74, 6) is -0.423. The highest BCUT2D eigenvalue weighted by Crippen LogP contribution is 2.42. The lowest BCUT2D eigenvalue weighted by atomic mass is 9.92. The van der Waals surface area contributed by atoms with Crippen molar-refractivity contribution in [1.82, 2.24) is 0 Å². The molecule has 2 rings (SSSR count). The minimum Gasteiger partial charge on any atom is -0.390 e. The van der Waals surface area contributed by atoms with E-state index in [1.165, 1.54) is 0 Å². The Morgan fingerprint density at radius 3 is 2.82 bits per heavy atom. The zero-order chi connectivity index (χ0) is 8.11. The molecule has 3 heteroatoms. The predicted molar refractivity (Wildman–Crippen MR) is 39.1 cm³/mol. The van der Waals surface area contributed by atoms with Crippen LogP contribution in [0, 0.1) is 0 Å². The zero-order valence-corrected chi connectivity index (χ0v) is 6.96. The van der Waals surface area contributed by atoms with Gasteiger partial charge in [0.15, 0.2) is 5.79 Å². The van der Waals surface area contributed by atoms with Gasteiger partial charge in [0.2, 0.25) is 0 Å². The van der Waals surface area contributed by atoms with Gasteiger partial charge in [0.25, 0.3) is 0 Å². The van der Waals surface area contributed by atoms with E-state index in [1.807, 2.05) is 13.8 Å². The van der Waals surface area contributed by atoms with Crippen molar-refractivity contribution in [2.24, 2.45) is 0 Å². The fourth-order valence-corrected chi connectivity index (χ4v) is 1.84. The Hall–Kier alpha value is -0.120. The summed E-state index contributed by atoms with van der Waals surface area (Å²) in [5, 5.41) is 9.56. The molecule has 0 aromatic heterocycles. The molecule has 3 atom stereocenters. The maximum atomic E-state index is 9.56. The molecule has 0 saturated carbocycles. The molecular formula is C8H14O3. The second-order valence-electron chi connectivity index (χ2n) is 3.89. The van der Waals surface area contributed by atoms with Gasteiger partial charge in [-0.25, -0.2) is 0 Å². The van der Waals surface area contributed by atoms with Crippen LogP contribution >= 0.6 is 0 Å². The van der Waals surface area contributed by atoms with E-state index in [-0.39, 0.29) is 6.10 Å². The average molecular weight is 158 g/mol. The number of hydrogen-bond donors (Lipinski definition) is 1. The molecule has 1 unspecified atom stereocenters. The van der Waals surface area contributed by atoms with Gasteiger partial charge in [0, 0.05) is 6.42 Å². The lowest BCUT2D eigenvalue weighted by molar-refractivity contribution is -0.224. The molecule has 1 N–H and O–H groups in total. The number of ether oxygens (including phenoxy) is 2. The zero-order valence-electron chi connectivity index (χ0n) is 6.96. The topological polar surface area (TPSA) is 38.7 Å². The fraction of sp³-hybridized carbons (Fsp3) is 1.00. The van der Waals surface area contributed by atoms with Crippen LogP contribution in [0.15, 0.2) is 0 Å². The highest BCUT2D eigenvalue weighted by atomic mass is 16.8. The van der Waals surface area contributed by atoms with E-state index in [0.29, 0.717) is 6.61 Å². The molecule has 2 bridgehead atoms. The van der Waals surface area contributed by atoms with Gasteiger partial charge in [-0.1, -0.05) is 0 Å². The summed E-state index contributed by atoms with van der Waals surface area (Å²) in [5.41, 5.74) is -0.451. The number of aliphatic hydroxyl groups excluding tert-OH is 1. The summed E-state index contributed by atoms with van der Waals surface area (Å²) in [7, 11) is 0. The molecule has 0 aliphatic carbocycles. The monoisotopic (exact) mass is 158 g/mol. The van der Waals surface area contributed by atoms with Gasteiger partial charge >= 0.3 is 0 Å². The van der Waals surface area contributed by atoms with Crippen LogP contribution in [0.5, 0.6) is 0 Å². The molecule has 2 fully saturated rings. The first-order valence-corrected chi connectivity index (χ1v) is 4.06. The average Bonchev–Trinajstić information content (AvgIpc) is 2.20. The number of fused-ring (bicyclic) bond motifs is 2. The maximum Gasteiger partial charge on any atom is 0.166 e. The first-order chi connectivity index (χ1) is 5.04. The minimum absolute atomic E-state index is 0.363. The second-order valence-corrected chi connectivity index (χ2v) is 3.89. The summed E-state index contributed by atoms with van der Waals surface area (Å²) in [6, 6.07) is 0. The first-order valence-electron chi connectivity index (χ1n) is 4.06. The van der Waals surface area contributed by atoms with Gasteiger partial charge in [-0.2, -0.15) is 0 Å². The van der Waals surface area contributed by atoms with Crippen LogP contribution in [0.25, 0.3) is 0 Å². The van der Waals surface area contributed by atoms with Crippen LogP contribution in [-0.2, 0) is 9.47 Å². The Morgan fingerprint density at radius 2 is 2.18 bits per heavy atom. The number of hydrogen-bond acceptors (Lipinski definition) is 3. The van der Waals surface area contributed by atoms with Crippen molar-refractivity contribution in [1.29, 1.82) is 0 Å². The molecule has 64 valence electrons. The first kappa shape index (κ1) is 7.53. The molecule has 11 heavy (non-hydrogen) atoms. The van der Waals surface area contributed by atoms with Crippen LogP contribution in [0.3, 0.4) is 0 Å². The Bertz CT molecular complexity index is 178. The molecule has 0 aromatic rings. The smallest absolute Gasteiger partial charge is 0.166 e. The third-order valence-corrected chi connectivity index (χ3v) is 2.69. The van der Waals surface area contributed by atoms with Crippen molar-refractivity contribution in [2.75, 3.05) is 6.61 Å². The molecule has 2 heterocycles. The molecule has 0 radical (unpaired) electrons. The normalized spacial score (nSPS) is 56.5. The Morgan fingerprint density at radius 1 is 1.45 bits per heavy atom. The van der Waals surface area contributed by atoms with Gasteiger partial charge < -0.3 is 14.6 Å². The summed E-state index contributed by atoms with van der Waals surface area (Å²) in [6.07, 6.45) is 1.22. The van der Waals surface area contributed by atoms with E-state index in [9.17, 15) is 5.11 Å². The Balaban J connectivity index is 2.23. The Kier molecular flexibility index (Phi) is 1.35. The highest BCUT2D eigenvalue weighted by Gasteiger charge is 2.53. The Labute approximate surface area is 66.3 Å². The summed E-state index contributed by atoms with van der Waals surface area (Å²) < 4.78 is 11.1. The third kappa shape index (κ3) is 0.991. The lowest BCUT2D eigenvalue weighted by Crippen LogP contribution is -2.47. The summed E-state index contributed by atoms with van der Waals surface area (Å²) >= 11 is 0. The van der Waals surface area contributed by atoms with Gasteiger partial charge in [-0.05, 0) is 20.3 Å². The fourth-order valence-electron chi connectivity index (χ4n) is 1.84. The van der Waals surface area contributed by atoms with E-state index in [2.05, 4.69) is 0 Å². The van der Waals surface area contributed by atoms with E-state index in [4.69, 9.17) is 9.47 Å². The van der Waals surface area contributed by atoms with E-state index >= 15 is 0 Å². The molecule has 2 aliphatic heterocycles. The van der Waals surface area contributed by atoms with Crippen molar-refractivity contribution >= 4 is 0 Å². The molecule has 2 saturated heterocycles. The summed E-state index contributed by atoms with van der Waals surface area (Å²) in [6.45, 7) is 4.36. The minimum atomic E-state index is -0.451. The van der Waals surface area contributed by atoms with Gasteiger partial charge in [0.05, 0.1) is 12.7 Å². The SMILES string of the molecule is C[C@@]12CCC(O)[C@@](C)(CO1)O2. The van der Waals surface area contributed by atoms with Crippen molar-refractivity contribution < 1.29 is 14.6 Å². The second kappa shape index (κ2) is 1.97. The lowest BCUT2D eigenvalue weighted by Gasteiger charge is -2.36. The van der Waals surface area contributed by atoms with Gasteiger partial charge in [-0.15, -0.1) is 0 Å². The number of aliphatic hydroxyl groups is 1. The van der Waals surface area contributed by atoms with Crippen LogP contribution in [0.4, 0.5) is 0 Å². The van der Waals surface area contributed by atoms with Gasteiger partial charge in [-0.3, -0.25) is 0 Å². The quantitative estimate of drug-likeness (QED) is 0.563. The van der Waals surface area contributed by atoms with E-state index in [1.54, 1.807) is 0 Å². The van der Waals surface area contributed by atoms with Crippen molar-refractivity contribution in [3.05, 3.63) is 0 Å². The third-order valence-electron chi connectivity index (χ3n) is 2.69. The van der Waals surface area contributed by atoms with Crippen LogP contribution in [0.1, 0.15) is 26.7 Å². The number of rotatable bonds is 0. The predicted octanol–water partition coefficient (Wildman–Crippen LogP) is 0.663. The molecular weight excluding hydrogens is 144 g/mol. The molecule has 0 spiro atoms. The van der Waals surface area contributed by atoms with E-state index < -0.39 is 11.4 Å². The van der Waals surface area contributed by atoms with Gasteiger partial charge in [0.1, 0.15) is 5.60 Å². The van der Waals surface area contributed by atoms with Crippen LogP contribution < -0.4 is 0 Å². The summed E-state index contributed by atoms with van der Waals surface area (Å²) in [4.78, 5) is 0.